The predicted molar refractivity (Wildman–Crippen MR) is 75.4 cm³/mol. The normalized spacial score (nSPS) is 12.6. The van der Waals surface area contributed by atoms with E-state index in [1.165, 1.54) is 0 Å². The standard InChI is InChI=1S/C14H24O2Si/c1-10-11(2)13(9-8-12(10)15)16-17(6,7)14(3,4)5/h8-9,15H,1-7H3. The Morgan fingerprint density at radius 1 is 1.06 bits per heavy atom. The zero-order valence-electron chi connectivity index (χ0n) is 12.0. The fraction of sp³-hybridized carbons (Fsp3) is 0.571. The molecule has 0 saturated carbocycles. The summed E-state index contributed by atoms with van der Waals surface area (Å²) in [6.45, 7) is 15.1. The largest absolute Gasteiger partial charge is 0.543 e. The minimum absolute atomic E-state index is 0.186. The average Bonchev–Trinajstić information content (AvgIpc) is 2.17. The fourth-order valence-electron chi connectivity index (χ4n) is 1.32. The summed E-state index contributed by atoms with van der Waals surface area (Å²) in [5.74, 6) is 1.25. The van der Waals surface area contributed by atoms with Crippen molar-refractivity contribution in [3.8, 4) is 11.5 Å². The van der Waals surface area contributed by atoms with Crippen molar-refractivity contribution >= 4 is 8.32 Å². The highest BCUT2D eigenvalue weighted by Crippen LogP contribution is 2.39. The van der Waals surface area contributed by atoms with Gasteiger partial charge in [0.2, 0.25) is 8.32 Å². The van der Waals surface area contributed by atoms with Gasteiger partial charge in [0, 0.05) is 0 Å². The molecule has 0 aliphatic heterocycles. The van der Waals surface area contributed by atoms with Gasteiger partial charge in [0.25, 0.3) is 0 Å². The molecular weight excluding hydrogens is 228 g/mol. The summed E-state index contributed by atoms with van der Waals surface area (Å²) < 4.78 is 6.26. The van der Waals surface area contributed by atoms with Gasteiger partial charge in [-0.15, -0.1) is 0 Å². The first-order valence-corrected chi connectivity index (χ1v) is 8.95. The molecule has 1 aromatic carbocycles. The molecule has 0 aliphatic rings. The van der Waals surface area contributed by atoms with Crippen molar-refractivity contribution in [2.75, 3.05) is 0 Å². The maximum atomic E-state index is 9.64. The number of phenols is 1. The molecule has 0 saturated heterocycles. The highest BCUT2D eigenvalue weighted by molar-refractivity contribution is 6.74. The third-order valence-corrected chi connectivity index (χ3v) is 8.22. The van der Waals surface area contributed by atoms with Crippen LogP contribution in [-0.4, -0.2) is 13.4 Å². The second-order valence-electron chi connectivity index (χ2n) is 6.20. The molecule has 1 rings (SSSR count). The van der Waals surface area contributed by atoms with E-state index in [1.807, 2.05) is 19.9 Å². The minimum atomic E-state index is -1.80. The molecule has 96 valence electrons. The number of benzene rings is 1. The number of hydrogen-bond donors (Lipinski definition) is 1. The second kappa shape index (κ2) is 4.37. The number of hydrogen-bond acceptors (Lipinski definition) is 2. The van der Waals surface area contributed by atoms with Gasteiger partial charge in [0.15, 0.2) is 0 Å². The molecule has 0 aromatic heterocycles. The second-order valence-corrected chi connectivity index (χ2v) is 10.9. The van der Waals surface area contributed by atoms with Crippen LogP contribution in [0.1, 0.15) is 31.9 Å². The van der Waals surface area contributed by atoms with Gasteiger partial charge in [-0.25, -0.2) is 0 Å². The van der Waals surface area contributed by atoms with E-state index in [0.29, 0.717) is 5.75 Å². The summed E-state index contributed by atoms with van der Waals surface area (Å²) in [6, 6.07) is 3.59. The predicted octanol–water partition coefficient (Wildman–Crippen LogP) is 4.39. The minimum Gasteiger partial charge on any atom is -0.543 e. The van der Waals surface area contributed by atoms with Crippen LogP contribution in [0.5, 0.6) is 11.5 Å². The average molecular weight is 252 g/mol. The molecule has 0 unspecified atom stereocenters. The van der Waals surface area contributed by atoms with Crippen LogP contribution in [0.4, 0.5) is 0 Å². The summed E-state index contributed by atoms with van der Waals surface area (Å²) in [5.41, 5.74) is 1.94. The SMILES string of the molecule is Cc1c(O)ccc(O[Si](C)(C)C(C)(C)C)c1C. The molecule has 0 heterocycles. The lowest BCUT2D eigenvalue weighted by Crippen LogP contribution is -2.44. The third-order valence-electron chi connectivity index (χ3n) is 3.88. The lowest BCUT2D eigenvalue weighted by Gasteiger charge is -2.37. The summed E-state index contributed by atoms with van der Waals surface area (Å²) in [5, 5.41) is 9.82. The maximum absolute atomic E-state index is 9.64. The molecule has 0 radical (unpaired) electrons. The quantitative estimate of drug-likeness (QED) is 0.791. The Morgan fingerprint density at radius 2 is 1.59 bits per heavy atom. The number of phenolic OH excluding ortho intramolecular Hbond substituents is 1. The molecule has 0 fully saturated rings. The van der Waals surface area contributed by atoms with Crippen molar-refractivity contribution < 1.29 is 9.53 Å². The molecular formula is C14H24O2Si. The first-order chi connectivity index (χ1) is 7.56. The zero-order chi connectivity index (χ0) is 13.4. The van der Waals surface area contributed by atoms with Crippen molar-refractivity contribution in [1.82, 2.24) is 0 Å². The van der Waals surface area contributed by atoms with Crippen molar-refractivity contribution in [3.05, 3.63) is 23.3 Å². The van der Waals surface area contributed by atoms with E-state index in [0.717, 1.165) is 16.9 Å². The summed E-state index contributed by atoms with van der Waals surface area (Å²) in [7, 11) is -1.80. The van der Waals surface area contributed by atoms with Crippen LogP contribution in [0.3, 0.4) is 0 Å². The third kappa shape index (κ3) is 2.83. The molecule has 0 aliphatic carbocycles. The van der Waals surface area contributed by atoms with Gasteiger partial charge >= 0.3 is 0 Å². The number of aromatic hydroxyl groups is 1. The summed E-state index contributed by atoms with van der Waals surface area (Å²) in [6.07, 6.45) is 0. The molecule has 2 nitrogen and oxygen atoms in total. The van der Waals surface area contributed by atoms with Gasteiger partial charge in [0.1, 0.15) is 11.5 Å². The van der Waals surface area contributed by atoms with E-state index in [9.17, 15) is 5.11 Å². The van der Waals surface area contributed by atoms with E-state index < -0.39 is 8.32 Å². The smallest absolute Gasteiger partial charge is 0.250 e. The highest BCUT2D eigenvalue weighted by Gasteiger charge is 2.39. The van der Waals surface area contributed by atoms with Crippen LogP contribution in [0, 0.1) is 13.8 Å². The van der Waals surface area contributed by atoms with Crippen LogP contribution in [0.15, 0.2) is 12.1 Å². The fourth-order valence-corrected chi connectivity index (χ4v) is 2.40. The van der Waals surface area contributed by atoms with E-state index in [2.05, 4.69) is 33.9 Å². The monoisotopic (exact) mass is 252 g/mol. The van der Waals surface area contributed by atoms with Crippen LogP contribution in [0.2, 0.25) is 18.1 Å². The molecule has 0 spiro atoms. The van der Waals surface area contributed by atoms with Crippen molar-refractivity contribution in [1.29, 1.82) is 0 Å². The molecule has 0 amide bonds. The van der Waals surface area contributed by atoms with Gasteiger partial charge in [-0.2, -0.15) is 0 Å². The molecule has 17 heavy (non-hydrogen) atoms. The lowest BCUT2D eigenvalue weighted by atomic mass is 10.1. The van der Waals surface area contributed by atoms with E-state index in [-0.39, 0.29) is 5.04 Å². The van der Waals surface area contributed by atoms with Crippen molar-refractivity contribution in [2.45, 2.75) is 52.8 Å². The van der Waals surface area contributed by atoms with Crippen molar-refractivity contribution in [2.24, 2.45) is 0 Å². The van der Waals surface area contributed by atoms with E-state index >= 15 is 0 Å². The number of rotatable bonds is 2. The van der Waals surface area contributed by atoms with Gasteiger partial charge < -0.3 is 9.53 Å². The molecule has 3 heteroatoms. The van der Waals surface area contributed by atoms with E-state index in [1.54, 1.807) is 6.07 Å². The Hall–Kier alpha value is -0.963. The molecule has 0 atom stereocenters. The lowest BCUT2D eigenvalue weighted by molar-refractivity contribution is 0.462. The van der Waals surface area contributed by atoms with Crippen LogP contribution < -0.4 is 4.43 Å². The molecule has 1 N–H and O–H groups in total. The van der Waals surface area contributed by atoms with Gasteiger partial charge in [-0.1, -0.05) is 20.8 Å². The molecule has 1 aromatic rings. The van der Waals surface area contributed by atoms with Gasteiger partial charge in [-0.05, 0) is 55.2 Å². The van der Waals surface area contributed by atoms with Crippen LogP contribution >= 0.6 is 0 Å². The Bertz CT molecular complexity index is 417. The van der Waals surface area contributed by atoms with Crippen molar-refractivity contribution in [3.63, 3.8) is 0 Å². The van der Waals surface area contributed by atoms with E-state index in [4.69, 9.17) is 4.43 Å². The topological polar surface area (TPSA) is 29.5 Å². The van der Waals surface area contributed by atoms with Crippen LogP contribution in [-0.2, 0) is 0 Å². The molecule has 0 bridgehead atoms. The Kier molecular flexibility index (Phi) is 3.62. The summed E-state index contributed by atoms with van der Waals surface area (Å²) >= 11 is 0. The van der Waals surface area contributed by atoms with Crippen LogP contribution in [0.25, 0.3) is 0 Å². The van der Waals surface area contributed by atoms with Gasteiger partial charge in [-0.3, -0.25) is 0 Å². The zero-order valence-corrected chi connectivity index (χ0v) is 13.0. The maximum Gasteiger partial charge on any atom is 0.250 e. The Morgan fingerprint density at radius 3 is 2.06 bits per heavy atom. The van der Waals surface area contributed by atoms with Gasteiger partial charge in [0.05, 0.1) is 0 Å². The first kappa shape index (κ1) is 14.1. The summed E-state index contributed by atoms with van der Waals surface area (Å²) in [4.78, 5) is 0. The first-order valence-electron chi connectivity index (χ1n) is 6.04. The highest BCUT2D eigenvalue weighted by atomic mass is 28.4. The Balaban J connectivity index is 3.09. The Labute approximate surface area is 106 Å².